The molecule has 6 rings (SSSR count). The molecule has 13 heteroatoms. The summed E-state index contributed by atoms with van der Waals surface area (Å²) in [5.41, 5.74) is 1.20. The number of hydrogen-bond acceptors (Lipinski definition) is 7. The van der Waals surface area contributed by atoms with E-state index in [9.17, 15) is 10.1 Å². The van der Waals surface area contributed by atoms with Gasteiger partial charge in [-0.2, -0.15) is 18.4 Å². The highest BCUT2D eigenvalue weighted by Gasteiger charge is 2.62. The number of carbonyl (C=O) groups excluding carboxylic acids is 1. The predicted molar refractivity (Wildman–Crippen MR) is 161 cm³/mol. The average Bonchev–Trinajstić information content (AvgIpc) is 3.47. The zero-order valence-electron chi connectivity index (χ0n) is 23.5. The minimum Gasteiger partial charge on any atom is -0.378 e. The fraction of sp³-hybridized carbons (Fsp3) is 0.226. The highest BCUT2D eigenvalue weighted by atomic mass is 32.2. The molecule has 1 unspecified atom stereocenters. The fourth-order valence-electron chi connectivity index (χ4n) is 5.12. The molecule has 0 aliphatic carbocycles. The van der Waals surface area contributed by atoms with Gasteiger partial charge < -0.3 is 15.0 Å². The molecule has 2 aliphatic rings. The van der Waals surface area contributed by atoms with Gasteiger partial charge in [0.15, 0.2) is 5.82 Å². The molecule has 0 radical (unpaired) electrons. The van der Waals surface area contributed by atoms with Crippen LogP contribution in [0.5, 0.6) is 0 Å². The Hall–Kier alpha value is -4.80. The van der Waals surface area contributed by atoms with E-state index >= 15 is 13.2 Å². The predicted octanol–water partition coefficient (Wildman–Crippen LogP) is 5.98. The van der Waals surface area contributed by atoms with Crippen molar-refractivity contribution in [2.45, 2.75) is 18.0 Å². The van der Waals surface area contributed by atoms with E-state index in [1.165, 1.54) is 12.1 Å². The van der Waals surface area contributed by atoms with Crippen LogP contribution in [0.2, 0.25) is 0 Å². The van der Waals surface area contributed by atoms with Gasteiger partial charge in [0.1, 0.15) is 16.7 Å². The molecule has 2 amide bonds. The topological polar surface area (TPSA) is 99.3 Å². The molecule has 44 heavy (non-hydrogen) atoms. The Balaban J connectivity index is 1.63. The quantitative estimate of drug-likeness (QED) is 0.275. The van der Waals surface area contributed by atoms with E-state index in [1.807, 2.05) is 11.0 Å². The molecule has 0 spiro atoms. The van der Waals surface area contributed by atoms with E-state index < -0.39 is 17.1 Å². The van der Waals surface area contributed by atoms with Gasteiger partial charge in [0.25, 0.3) is 0 Å². The molecular formula is C31H26F3N7O2S. The number of alkyl halides is 3. The van der Waals surface area contributed by atoms with Crippen molar-refractivity contribution in [1.82, 2.24) is 20.1 Å². The van der Waals surface area contributed by atoms with Gasteiger partial charge in [-0.1, -0.05) is 78.0 Å². The number of amides is 2. The summed E-state index contributed by atoms with van der Waals surface area (Å²) in [5, 5.41) is 21.4. The highest BCUT2D eigenvalue weighted by molar-refractivity contribution is 8.04. The standard InChI is InChI=1S/C31H26F3N7O2S/c1-21-12-14-22(15-13-21)30(31(32,33)34)36-29(42)41(24-10-6-3-7-11-24)27(44-30)25(20-35)26-37-38-28(39-16-18-43-19-17-39)40(26)23-8-4-2-5-9-23/h2-15H,16-19H2,1H3,(H,36,42)/b27-25+. The van der Waals surface area contributed by atoms with E-state index in [-0.39, 0.29) is 27.7 Å². The number of anilines is 2. The Labute approximate surface area is 255 Å². The molecule has 2 aliphatic heterocycles. The van der Waals surface area contributed by atoms with E-state index in [2.05, 4.69) is 21.6 Å². The number of aryl methyl sites for hydroxylation is 1. The number of hydrogen-bond donors (Lipinski definition) is 1. The highest BCUT2D eigenvalue weighted by Crippen LogP contribution is 2.55. The van der Waals surface area contributed by atoms with Crippen molar-refractivity contribution < 1.29 is 22.7 Å². The van der Waals surface area contributed by atoms with E-state index in [0.29, 0.717) is 49.7 Å². The van der Waals surface area contributed by atoms with Crippen LogP contribution in [-0.4, -0.2) is 53.3 Å². The minimum atomic E-state index is -4.96. The first kappa shape index (κ1) is 29.3. The summed E-state index contributed by atoms with van der Waals surface area (Å²) in [6.07, 6.45) is -4.96. The molecule has 1 atom stereocenters. The Morgan fingerprint density at radius 3 is 2.16 bits per heavy atom. The minimum absolute atomic E-state index is 0.00157. The van der Waals surface area contributed by atoms with Crippen molar-refractivity contribution in [3.63, 3.8) is 0 Å². The van der Waals surface area contributed by atoms with Gasteiger partial charge >= 0.3 is 12.2 Å². The Morgan fingerprint density at radius 2 is 1.57 bits per heavy atom. The van der Waals surface area contributed by atoms with E-state index in [4.69, 9.17) is 4.74 Å². The molecular weight excluding hydrogens is 591 g/mol. The largest absolute Gasteiger partial charge is 0.425 e. The van der Waals surface area contributed by atoms with Crippen LogP contribution in [0.1, 0.15) is 17.0 Å². The van der Waals surface area contributed by atoms with Gasteiger partial charge in [-0.3, -0.25) is 9.47 Å². The van der Waals surface area contributed by atoms with E-state index in [1.54, 1.807) is 78.2 Å². The lowest BCUT2D eigenvalue weighted by Crippen LogP contribution is -2.61. The van der Waals surface area contributed by atoms with Crippen molar-refractivity contribution in [3.8, 4) is 11.8 Å². The number of morpholine rings is 1. The summed E-state index contributed by atoms with van der Waals surface area (Å²) >= 11 is 0.339. The third-order valence-corrected chi connectivity index (χ3v) is 8.77. The number of rotatable bonds is 5. The van der Waals surface area contributed by atoms with Crippen LogP contribution in [0.25, 0.3) is 11.3 Å². The van der Waals surface area contributed by atoms with Crippen molar-refractivity contribution in [2.24, 2.45) is 0 Å². The molecule has 4 aromatic rings. The van der Waals surface area contributed by atoms with Crippen LogP contribution in [-0.2, 0) is 9.61 Å². The smallest absolute Gasteiger partial charge is 0.378 e. The molecule has 2 fully saturated rings. The number of ether oxygens (including phenoxy) is 1. The number of nitrogens with zero attached hydrogens (tertiary/aromatic N) is 6. The number of aromatic nitrogens is 3. The lowest BCUT2D eigenvalue weighted by molar-refractivity contribution is -0.167. The second-order valence-corrected chi connectivity index (χ2v) is 11.3. The van der Waals surface area contributed by atoms with Crippen molar-refractivity contribution in [1.29, 1.82) is 5.26 Å². The Bertz CT molecular complexity index is 1730. The summed E-state index contributed by atoms with van der Waals surface area (Å²) in [5.74, 6) is 0.401. The van der Waals surface area contributed by atoms with Crippen LogP contribution in [0.15, 0.2) is 90.0 Å². The Kier molecular flexibility index (Phi) is 7.79. The summed E-state index contributed by atoms with van der Waals surface area (Å²) in [4.78, 5) is 14.0. The Morgan fingerprint density at radius 1 is 0.955 bits per heavy atom. The van der Waals surface area contributed by atoms with Gasteiger partial charge in [-0.15, -0.1) is 10.2 Å². The zero-order chi connectivity index (χ0) is 30.9. The number of allylic oxidation sites excluding steroid dienone is 1. The molecule has 1 N–H and O–H groups in total. The second-order valence-electron chi connectivity index (χ2n) is 10.1. The van der Waals surface area contributed by atoms with Gasteiger partial charge in [0.2, 0.25) is 10.8 Å². The first-order chi connectivity index (χ1) is 21.2. The van der Waals surface area contributed by atoms with Crippen LogP contribution >= 0.6 is 11.8 Å². The molecule has 3 heterocycles. The third kappa shape index (κ3) is 5.16. The summed E-state index contributed by atoms with van der Waals surface area (Å²) in [6, 6.07) is 24.0. The van der Waals surface area contributed by atoms with Crippen molar-refractivity contribution in [3.05, 3.63) is 107 Å². The SMILES string of the molecule is Cc1ccc(C2(C(F)(F)F)NC(=O)N(c3ccccc3)/C(=C(/C#N)c3nnc(N4CCOCC4)n3-c3ccccc3)S2)cc1. The molecule has 0 saturated carbocycles. The summed E-state index contributed by atoms with van der Waals surface area (Å²) < 4.78 is 52.8. The molecule has 3 aromatic carbocycles. The van der Waals surface area contributed by atoms with Crippen LogP contribution in [0.4, 0.5) is 29.6 Å². The van der Waals surface area contributed by atoms with Crippen LogP contribution in [0, 0.1) is 18.3 Å². The lowest BCUT2D eigenvalue weighted by atomic mass is 10.0. The maximum absolute atomic E-state index is 15.2. The number of nitriles is 1. The maximum Gasteiger partial charge on any atom is 0.425 e. The fourth-order valence-corrected chi connectivity index (χ4v) is 6.43. The monoisotopic (exact) mass is 617 g/mol. The maximum atomic E-state index is 15.2. The second kappa shape index (κ2) is 11.7. The summed E-state index contributed by atoms with van der Waals surface area (Å²) in [7, 11) is 0. The van der Waals surface area contributed by atoms with Crippen molar-refractivity contribution >= 4 is 35.0 Å². The third-order valence-electron chi connectivity index (χ3n) is 7.31. The average molecular weight is 618 g/mol. The summed E-state index contributed by atoms with van der Waals surface area (Å²) in [6.45, 7) is 3.66. The number of halogens is 3. The first-order valence-corrected chi connectivity index (χ1v) is 14.5. The molecule has 9 nitrogen and oxygen atoms in total. The normalized spacial score (nSPS) is 20.2. The molecule has 0 bridgehead atoms. The van der Waals surface area contributed by atoms with Gasteiger partial charge in [-0.25, -0.2) is 4.79 Å². The lowest BCUT2D eigenvalue weighted by Gasteiger charge is -2.44. The van der Waals surface area contributed by atoms with Gasteiger partial charge in [0, 0.05) is 13.1 Å². The van der Waals surface area contributed by atoms with Crippen molar-refractivity contribution in [2.75, 3.05) is 36.1 Å². The number of thioether (sulfide) groups is 1. The number of benzene rings is 3. The van der Waals surface area contributed by atoms with E-state index in [0.717, 1.165) is 10.5 Å². The number of carbonyl (C=O) groups is 1. The molecule has 1 aromatic heterocycles. The first-order valence-electron chi connectivity index (χ1n) is 13.7. The molecule has 224 valence electrons. The number of para-hydroxylation sites is 2. The van der Waals surface area contributed by atoms with Gasteiger partial charge in [-0.05, 0) is 36.8 Å². The number of nitrogens with one attached hydrogen (secondary N) is 1. The number of urea groups is 1. The van der Waals surface area contributed by atoms with Crippen LogP contribution in [0.3, 0.4) is 0 Å². The zero-order valence-corrected chi connectivity index (χ0v) is 24.3. The molecule has 2 saturated heterocycles. The van der Waals surface area contributed by atoms with Crippen LogP contribution < -0.4 is 15.1 Å². The van der Waals surface area contributed by atoms with Gasteiger partial charge in [0.05, 0.1) is 24.6 Å².